The van der Waals surface area contributed by atoms with E-state index in [9.17, 15) is 19.2 Å². The number of hydrogen-bond donors (Lipinski definition) is 4. The molecule has 68 heavy (non-hydrogen) atoms. The largest absolute Gasteiger partial charge is 0.471 e. The van der Waals surface area contributed by atoms with Gasteiger partial charge < -0.3 is 44.6 Å². The van der Waals surface area contributed by atoms with Crippen molar-refractivity contribution in [3.8, 4) is 17.1 Å². The second-order valence-electron chi connectivity index (χ2n) is 18.7. The smallest absolute Gasteiger partial charge is 0.407 e. The fourth-order valence-corrected chi connectivity index (χ4v) is 9.28. The number of hydrogen-bond acceptors (Lipinski definition) is 11. The van der Waals surface area contributed by atoms with E-state index in [1.807, 2.05) is 63.9 Å². The highest BCUT2D eigenvalue weighted by molar-refractivity contribution is 5.91. The Balaban J connectivity index is 0.955. The number of alkyl carbamates (subject to hydrolysis) is 2. The second kappa shape index (κ2) is 19.9. The Morgan fingerprint density at radius 2 is 1.47 bits per heavy atom. The zero-order valence-corrected chi connectivity index (χ0v) is 39.6. The van der Waals surface area contributed by atoms with Crippen LogP contribution in [-0.4, -0.2) is 109 Å². The molecule has 3 fully saturated rings. The summed E-state index contributed by atoms with van der Waals surface area (Å²) in [6, 6.07) is 10.3. The molecule has 4 N–H and O–H groups in total. The van der Waals surface area contributed by atoms with Crippen LogP contribution in [0.25, 0.3) is 33.2 Å². The predicted molar refractivity (Wildman–Crippen MR) is 257 cm³/mol. The summed E-state index contributed by atoms with van der Waals surface area (Å²) in [4.78, 5) is 81.0. The van der Waals surface area contributed by atoms with Gasteiger partial charge >= 0.3 is 12.2 Å². The number of carbonyl (C=O) groups is 4. The van der Waals surface area contributed by atoms with Gasteiger partial charge in [-0.1, -0.05) is 76.8 Å². The third-order valence-electron chi connectivity index (χ3n) is 13.3. The lowest BCUT2D eigenvalue weighted by Gasteiger charge is -2.30. The number of H-pyrrole nitrogens is 2. The summed E-state index contributed by atoms with van der Waals surface area (Å²) in [7, 11) is 2.57. The number of methoxy groups -OCH3 is 2. The van der Waals surface area contributed by atoms with Gasteiger partial charge in [-0.25, -0.2) is 24.5 Å². The van der Waals surface area contributed by atoms with E-state index in [2.05, 4.69) is 73.5 Å². The minimum atomic E-state index is -0.831. The number of benzene rings is 2. The maximum absolute atomic E-state index is 14.1. The van der Waals surface area contributed by atoms with Crippen LogP contribution in [0, 0.1) is 17.3 Å². The Labute approximate surface area is 395 Å². The first-order valence-electron chi connectivity index (χ1n) is 23.1. The van der Waals surface area contributed by atoms with E-state index in [1.54, 1.807) is 23.5 Å². The zero-order valence-electron chi connectivity index (χ0n) is 39.6. The fraction of sp³-hybridized carbons (Fsp3) is 0.412. The third-order valence-corrected chi connectivity index (χ3v) is 13.3. The predicted octanol–water partition coefficient (Wildman–Crippen LogP) is 7.95. The van der Waals surface area contributed by atoms with E-state index >= 15 is 0 Å². The van der Waals surface area contributed by atoms with Gasteiger partial charge in [0.15, 0.2) is 0 Å². The molecule has 356 valence electrons. The molecule has 3 aliphatic rings. The molecular formula is C51H60N10O7. The number of ether oxygens (including phenoxy) is 3. The maximum atomic E-state index is 14.1. The molecule has 5 heterocycles. The van der Waals surface area contributed by atoms with Crippen LogP contribution in [0.4, 0.5) is 9.59 Å². The summed E-state index contributed by atoms with van der Waals surface area (Å²) >= 11 is 0. The van der Waals surface area contributed by atoms with Gasteiger partial charge in [0.2, 0.25) is 17.7 Å². The number of nitrogens with zero attached hydrogens (tertiary/aromatic N) is 6. The van der Waals surface area contributed by atoms with Gasteiger partial charge in [-0.05, 0) is 83.1 Å². The fourth-order valence-electron chi connectivity index (χ4n) is 9.28. The summed E-state index contributed by atoms with van der Waals surface area (Å²) in [6.07, 6.45) is 15.8. The summed E-state index contributed by atoms with van der Waals surface area (Å²) in [6.45, 7) is 14.8. The van der Waals surface area contributed by atoms with Crippen LogP contribution in [0.5, 0.6) is 5.88 Å². The van der Waals surface area contributed by atoms with Crippen molar-refractivity contribution in [3.63, 3.8) is 0 Å². The van der Waals surface area contributed by atoms with Crippen LogP contribution in [0.15, 0.2) is 92.2 Å². The Bertz CT molecular complexity index is 2740. The van der Waals surface area contributed by atoms with Gasteiger partial charge in [0.25, 0.3) is 0 Å². The first-order valence-corrected chi connectivity index (χ1v) is 23.1. The molecule has 17 nitrogen and oxygen atoms in total. The Hall–Kier alpha value is -7.30. The Kier molecular flexibility index (Phi) is 13.8. The van der Waals surface area contributed by atoms with Crippen LogP contribution < -0.4 is 15.4 Å². The number of fused-ring (bicyclic) bond motifs is 1. The monoisotopic (exact) mass is 924 g/mol. The minimum absolute atomic E-state index is 0.100. The Morgan fingerprint density at radius 1 is 0.809 bits per heavy atom. The van der Waals surface area contributed by atoms with Crippen molar-refractivity contribution in [2.45, 2.75) is 90.6 Å². The average molecular weight is 925 g/mol. The normalized spacial score (nSPS) is 19.7. The van der Waals surface area contributed by atoms with Crippen molar-refractivity contribution in [1.82, 2.24) is 50.3 Å². The third kappa shape index (κ3) is 10.2. The molecular weight excluding hydrogens is 865 g/mol. The summed E-state index contributed by atoms with van der Waals surface area (Å²) in [5.41, 5.74) is 5.33. The van der Waals surface area contributed by atoms with Crippen molar-refractivity contribution in [2.75, 3.05) is 27.3 Å². The van der Waals surface area contributed by atoms with Crippen LogP contribution in [0.2, 0.25) is 0 Å². The highest BCUT2D eigenvalue weighted by Gasteiger charge is 2.55. The first kappa shape index (κ1) is 47.2. The van der Waals surface area contributed by atoms with Crippen LogP contribution in [0.1, 0.15) is 95.3 Å². The maximum Gasteiger partial charge on any atom is 0.407 e. The van der Waals surface area contributed by atoms with E-state index in [0.717, 1.165) is 69.5 Å². The van der Waals surface area contributed by atoms with Crippen molar-refractivity contribution >= 4 is 45.9 Å². The van der Waals surface area contributed by atoms with Crippen molar-refractivity contribution in [1.29, 1.82) is 0 Å². The van der Waals surface area contributed by atoms with Crippen molar-refractivity contribution in [2.24, 2.45) is 17.3 Å². The molecule has 1 spiro atoms. The topological polar surface area (TPSA) is 210 Å². The van der Waals surface area contributed by atoms with E-state index in [4.69, 9.17) is 24.2 Å². The van der Waals surface area contributed by atoms with Gasteiger partial charge in [-0.15, -0.1) is 0 Å². The zero-order chi connectivity index (χ0) is 48.3. The summed E-state index contributed by atoms with van der Waals surface area (Å²) in [5, 5.41) is 7.54. The number of amides is 4. The number of aromatic amines is 2. The lowest BCUT2D eigenvalue weighted by atomic mass is 9.99. The van der Waals surface area contributed by atoms with Crippen molar-refractivity contribution in [3.05, 3.63) is 115 Å². The van der Waals surface area contributed by atoms with Crippen LogP contribution in [-0.2, 0) is 19.1 Å². The highest BCUT2D eigenvalue weighted by atomic mass is 16.5. The lowest BCUT2D eigenvalue weighted by molar-refractivity contribution is -0.136. The van der Waals surface area contributed by atoms with Crippen molar-refractivity contribution < 1.29 is 33.4 Å². The number of imidazole rings is 2. The molecule has 3 aromatic heterocycles. The van der Waals surface area contributed by atoms with Gasteiger partial charge in [0, 0.05) is 30.9 Å². The van der Waals surface area contributed by atoms with Gasteiger partial charge in [-0.3, -0.25) is 14.6 Å². The van der Waals surface area contributed by atoms with E-state index in [-0.39, 0.29) is 41.7 Å². The number of carbonyl (C=O) groups excluding carboxylic acids is 4. The first-order chi connectivity index (χ1) is 32.7. The number of nitrogens with one attached hydrogen (secondary N) is 4. The molecule has 2 saturated heterocycles. The molecule has 2 aliphatic heterocycles. The second-order valence-corrected chi connectivity index (χ2v) is 18.7. The number of aromatic nitrogens is 6. The van der Waals surface area contributed by atoms with E-state index < -0.39 is 36.4 Å². The Morgan fingerprint density at radius 3 is 2.12 bits per heavy atom. The quantitative estimate of drug-likeness (QED) is 0.0741. The molecule has 5 aromatic rings. The van der Waals surface area contributed by atoms with Gasteiger partial charge in [0.05, 0.1) is 62.8 Å². The minimum Gasteiger partial charge on any atom is -0.471 e. The molecule has 0 unspecified atom stereocenters. The average Bonchev–Trinajstić information content (AvgIpc) is 3.82. The standard InChI is InChI=1S/C51H60N10O7/c1-9-32(38-24-54-45(56-38)40-22-37(68-42-26-52-18-19-53-42)27-60(40)47(62)43(29(2)3)58-49(64)66-7)11-10-31(6)33-12-13-35-21-36(15-14-34(35)20-33)39-25-55-46(57-39)41-23-51(16-17-51)28-61(41)48(63)44(30(4)5)59-50(65)67-8/h9-15,18-21,24-26,29-30,37,40-41,43-44H,6,16-17,22-23,27-28H2,1-5,7-8H3,(H,54,56)(H,55,57)(H,58,64)(H,59,65)/b11-10-,32-9+/t37-,40-,41-,43-,44-/m0/s1. The van der Waals surface area contributed by atoms with Gasteiger partial charge in [0.1, 0.15) is 29.8 Å². The molecule has 2 aromatic carbocycles. The summed E-state index contributed by atoms with van der Waals surface area (Å²) < 4.78 is 15.8. The number of likely N-dealkylation sites (tertiary alicyclic amines) is 2. The molecule has 4 amide bonds. The molecule has 8 rings (SSSR count). The molecule has 17 heteroatoms. The van der Waals surface area contributed by atoms with E-state index in [1.165, 1.54) is 20.4 Å². The lowest BCUT2D eigenvalue weighted by Crippen LogP contribution is -2.51. The van der Waals surface area contributed by atoms with Crippen LogP contribution >= 0.6 is 0 Å². The number of allylic oxidation sites excluding steroid dienone is 5. The summed E-state index contributed by atoms with van der Waals surface area (Å²) in [5.74, 6) is 0.934. The molecule has 1 saturated carbocycles. The molecule has 5 atom stereocenters. The molecule has 0 radical (unpaired) electrons. The molecule has 1 aliphatic carbocycles. The van der Waals surface area contributed by atoms with Crippen LogP contribution in [0.3, 0.4) is 0 Å². The molecule has 0 bridgehead atoms. The van der Waals surface area contributed by atoms with Gasteiger partial charge in [-0.2, -0.15) is 0 Å². The SMILES string of the molecule is C=C(/C=C\C(=C/C)c1cnc([C@@H]2C[C@H](Oc3cnccn3)CN2C(=O)[C@@H](NC(=O)OC)C(C)C)[nH]1)c1ccc2cc(-c3cnc([C@@H]4CC5(CC5)CN4C(=O)[C@@H](NC(=O)OC)C(C)C)[nH]3)ccc2c1. The van der Waals surface area contributed by atoms with E-state index in [0.29, 0.717) is 24.7 Å². The highest BCUT2D eigenvalue weighted by Crippen LogP contribution is 2.58. The number of rotatable bonds is 15.